The Bertz CT molecular complexity index is 944. The van der Waals surface area contributed by atoms with Crippen LogP contribution in [0.3, 0.4) is 0 Å². The Morgan fingerprint density at radius 3 is 2.56 bits per heavy atom. The van der Waals surface area contributed by atoms with Crippen LogP contribution in [0.15, 0.2) is 47.5 Å². The van der Waals surface area contributed by atoms with Crippen LogP contribution in [0.4, 0.5) is 18.9 Å². The van der Waals surface area contributed by atoms with Gasteiger partial charge in [-0.15, -0.1) is 24.0 Å². The number of hydrogen-bond donors (Lipinski definition) is 3. The SMILES string of the molecule is CN=C(NCCNC(=O)Cc1cccc(F)c1)NC1CCN(c2ccc(F)cc2F)C1.I. The molecule has 1 aliphatic heterocycles. The fourth-order valence-corrected chi connectivity index (χ4v) is 3.50. The molecule has 32 heavy (non-hydrogen) atoms. The second-order valence-corrected chi connectivity index (χ2v) is 7.33. The summed E-state index contributed by atoms with van der Waals surface area (Å²) in [6, 6.07) is 9.60. The topological polar surface area (TPSA) is 68.8 Å². The van der Waals surface area contributed by atoms with Gasteiger partial charge in [-0.05, 0) is 36.2 Å². The third-order valence-corrected chi connectivity index (χ3v) is 5.00. The largest absolute Gasteiger partial charge is 0.367 e. The lowest BCUT2D eigenvalue weighted by atomic mass is 10.1. The van der Waals surface area contributed by atoms with E-state index in [9.17, 15) is 18.0 Å². The molecule has 3 rings (SSSR count). The molecule has 2 aromatic rings. The van der Waals surface area contributed by atoms with Crippen LogP contribution < -0.4 is 20.9 Å². The van der Waals surface area contributed by atoms with Crippen LogP contribution in [0.2, 0.25) is 0 Å². The summed E-state index contributed by atoms with van der Waals surface area (Å²) in [7, 11) is 1.64. The van der Waals surface area contributed by atoms with Crippen molar-refractivity contribution in [3.05, 3.63) is 65.5 Å². The Hall–Kier alpha value is -2.50. The van der Waals surface area contributed by atoms with Gasteiger partial charge in [0.15, 0.2) is 5.96 Å². The molecule has 3 N–H and O–H groups in total. The molecule has 2 aromatic carbocycles. The van der Waals surface area contributed by atoms with E-state index in [0.717, 1.165) is 12.5 Å². The van der Waals surface area contributed by atoms with E-state index < -0.39 is 11.6 Å². The highest BCUT2D eigenvalue weighted by Crippen LogP contribution is 2.24. The normalized spacial score (nSPS) is 15.8. The molecule has 0 spiro atoms. The van der Waals surface area contributed by atoms with E-state index in [4.69, 9.17) is 0 Å². The number of anilines is 1. The lowest BCUT2D eigenvalue weighted by molar-refractivity contribution is -0.120. The molecule has 0 saturated carbocycles. The van der Waals surface area contributed by atoms with Crippen LogP contribution in [0.1, 0.15) is 12.0 Å². The predicted molar refractivity (Wildman–Crippen MR) is 130 cm³/mol. The number of benzene rings is 2. The number of hydrogen-bond acceptors (Lipinski definition) is 3. The predicted octanol–water partition coefficient (Wildman–Crippen LogP) is 2.82. The summed E-state index contributed by atoms with van der Waals surface area (Å²) in [6.07, 6.45) is 0.893. The molecule has 1 heterocycles. The number of rotatable bonds is 7. The fraction of sp³-hybridized carbons (Fsp3) is 0.364. The summed E-state index contributed by atoms with van der Waals surface area (Å²) in [5.74, 6) is -1.15. The maximum atomic E-state index is 14.0. The molecular formula is C22H27F3IN5O. The van der Waals surface area contributed by atoms with Gasteiger partial charge in [0.05, 0.1) is 12.1 Å². The Labute approximate surface area is 202 Å². The molecule has 1 unspecified atom stereocenters. The highest BCUT2D eigenvalue weighted by atomic mass is 127. The van der Waals surface area contributed by atoms with Crippen molar-refractivity contribution in [1.29, 1.82) is 0 Å². The lowest BCUT2D eigenvalue weighted by Gasteiger charge is -2.21. The quantitative estimate of drug-likeness (QED) is 0.211. The van der Waals surface area contributed by atoms with Crippen molar-refractivity contribution in [3.63, 3.8) is 0 Å². The number of amides is 1. The first-order chi connectivity index (χ1) is 14.9. The summed E-state index contributed by atoms with van der Waals surface area (Å²) in [6.45, 7) is 2.05. The van der Waals surface area contributed by atoms with Gasteiger partial charge >= 0.3 is 0 Å². The van der Waals surface area contributed by atoms with Crippen LogP contribution in [-0.2, 0) is 11.2 Å². The second-order valence-electron chi connectivity index (χ2n) is 7.33. The molecule has 1 aliphatic rings. The van der Waals surface area contributed by atoms with Gasteiger partial charge in [0.25, 0.3) is 0 Å². The maximum absolute atomic E-state index is 14.0. The Kier molecular flexibility index (Phi) is 10.1. The summed E-state index contributed by atoms with van der Waals surface area (Å²) in [5, 5.41) is 9.17. The van der Waals surface area contributed by atoms with E-state index in [1.165, 1.54) is 24.3 Å². The highest BCUT2D eigenvalue weighted by molar-refractivity contribution is 14.0. The van der Waals surface area contributed by atoms with E-state index in [1.807, 2.05) is 4.90 Å². The van der Waals surface area contributed by atoms with Crippen molar-refractivity contribution in [3.8, 4) is 0 Å². The summed E-state index contributed by atoms with van der Waals surface area (Å²) < 4.78 is 40.3. The minimum absolute atomic E-state index is 0. The average Bonchev–Trinajstić information content (AvgIpc) is 3.18. The van der Waals surface area contributed by atoms with E-state index in [1.54, 1.807) is 19.2 Å². The molecule has 1 saturated heterocycles. The zero-order valence-corrected chi connectivity index (χ0v) is 20.0. The van der Waals surface area contributed by atoms with Gasteiger partial charge in [-0.25, -0.2) is 13.2 Å². The maximum Gasteiger partial charge on any atom is 0.224 e. The molecule has 0 aliphatic carbocycles. The first-order valence-corrected chi connectivity index (χ1v) is 10.1. The number of nitrogens with zero attached hydrogens (tertiary/aromatic N) is 2. The van der Waals surface area contributed by atoms with Crippen LogP contribution in [0, 0.1) is 17.5 Å². The monoisotopic (exact) mass is 561 g/mol. The lowest BCUT2D eigenvalue weighted by Crippen LogP contribution is -2.46. The fourth-order valence-electron chi connectivity index (χ4n) is 3.50. The van der Waals surface area contributed by atoms with E-state index in [0.29, 0.717) is 43.4 Å². The number of halogens is 4. The minimum atomic E-state index is -0.595. The van der Waals surface area contributed by atoms with Crippen molar-refractivity contribution in [2.45, 2.75) is 18.9 Å². The van der Waals surface area contributed by atoms with Crippen molar-refractivity contribution >= 4 is 41.5 Å². The third kappa shape index (κ3) is 7.57. The average molecular weight is 561 g/mol. The van der Waals surface area contributed by atoms with Crippen molar-refractivity contribution in [2.75, 3.05) is 38.1 Å². The van der Waals surface area contributed by atoms with E-state index in [-0.39, 0.29) is 48.2 Å². The molecule has 1 fully saturated rings. The van der Waals surface area contributed by atoms with E-state index >= 15 is 0 Å². The van der Waals surface area contributed by atoms with Gasteiger partial charge in [0.2, 0.25) is 5.91 Å². The zero-order valence-electron chi connectivity index (χ0n) is 17.7. The van der Waals surface area contributed by atoms with E-state index in [2.05, 4.69) is 20.9 Å². The number of aliphatic imine (C=N–C) groups is 1. The molecule has 0 bridgehead atoms. The standard InChI is InChI=1S/C22H26F3N5O.HI/c1-26-22(28-9-8-27-21(31)12-15-3-2-4-16(23)11-15)29-18-7-10-30(14-18)20-6-5-17(24)13-19(20)25;/h2-6,11,13,18H,7-10,12,14H2,1H3,(H,27,31)(H2,26,28,29);1H. The van der Waals surface area contributed by atoms with Crippen LogP contribution in [-0.4, -0.2) is 51.1 Å². The number of nitrogens with one attached hydrogen (secondary N) is 3. The van der Waals surface area contributed by atoms with Crippen LogP contribution >= 0.6 is 24.0 Å². The Morgan fingerprint density at radius 2 is 1.84 bits per heavy atom. The molecule has 1 atom stereocenters. The van der Waals surface area contributed by atoms with Crippen LogP contribution in [0.5, 0.6) is 0 Å². The first-order valence-electron chi connectivity index (χ1n) is 10.1. The smallest absolute Gasteiger partial charge is 0.224 e. The number of carbonyl (C=O) groups excluding carboxylic acids is 1. The molecule has 174 valence electrons. The summed E-state index contributed by atoms with van der Waals surface area (Å²) >= 11 is 0. The van der Waals surface area contributed by atoms with Gasteiger partial charge in [-0.1, -0.05) is 12.1 Å². The van der Waals surface area contributed by atoms with Crippen LogP contribution in [0.25, 0.3) is 0 Å². The number of guanidine groups is 1. The second kappa shape index (κ2) is 12.5. The third-order valence-electron chi connectivity index (χ3n) is 5.00. The van der Waals surface area contributed by atoms with Gasteiger partial charge < -0.3 is 20.9 Å². The van der Waals surface area contributed by atoms with Gasteiger partial charge in [0, 0.05) is 45.3 Å². The summed E-state index contributed by atoms with van der Waals surface area (Å²) in [4.78, 5) is 18.0. The number of carbonyl (C=O) groups is 1. The molecular weight excluding hydrogens is 534 g/mol. The van der Waals surface area contributed by atoms with Gasteiger partial charge in [-0.2, -0.15) is 0 Å². The van der Waals surface area contributed by atoms with Crippen molar-refractivity contribution in [2.24, 2.45) is 4.99 Å². The van der Waals surface area contributed by atoms with Gasteiger partial charge in [0.1, 0.15) is 17.5 Å². The Balaban J connectivity index is 0.00000363. The van der Waals surface area contributed by atoms with Gasteiger partial charge in [-0.3, -0.25) is 9.79 Å². The summed E-state index contributed by atoms with van der Waals surface area (Å²) in [5.41, 5.74) is 1.00. The minimum Gasteiger partial charge on any atom is -0.367 e. The van der Waals surface area contributed by atoms with Crippen molar-refractivity contribution < 1.29 is 18.0 Å². The Morgan fingerprint density at radius 1 is 1.09 bits per heavy atom. The zero-order chi connectivity index (χ0) is 22.2. The highest BCUT2D eigenvalue weighted by Gasteiger charge is 2.25. The molecule has 0 radical (unpaired) electrons. The van der Waals surface area contributed by atoms with Crippen molar-refractivity contribution in [1.82, 2.24) is 16.0 Å². The molecule has 1 amide bonds. The molecule has 6 nitrogen and oxygen atoms in total. The first kappa shape index (κ1) is 25.8. The molecule has 0 aromatic heterocycles. The molecule has 10 heteroatoms.